The summed E-state index contributed by atoms with van der Waals surface area (Å²) in [4.78, 5) is 3.86. The van der Waals surface area contributed by atoms with Crippen molar-refractivity contribution in [2.24, 2.45) is 0 Å². The normalized spacial score (nSPS) is 10.2. The van der Waals surface area contributed by atoms with Gasteiger partial charge in [-0.05, 0) is 18.2 Å². The molecule has 0 saturated heterocycles. The Labute approximate surface area is 95.5 Å². The largest absolute Gasteiger partial charge is 0.439 e. The summed E-state index contributed by atoms with van der Waals surface area (Å²) in [6, 6.07) is 6.37. The van der Waals surface area contributed by atoms with Crippen LogP contribution in [0.5, 0.6) is 11.6 Å². The Balaban J connectivity index is 2.20. The molecule has 0 atom stereocenters. The predicted molar refractivity (Wildman–Crippen MR) is 55.7 cm³/mol. The number of hydrogen-bond donors (Lipinski definition) is 0. The van der Waals surface area contributed by atoms with Crippen LogP contribution in [0.15, 0.2) is 36.5 Å². The molecule has 0 N–H and O–H groups in total. The number of hydrogen-bond acceptors (Lipinski definition) is 2. The van der Waals surface area contributed by atoms with E-state index in [1.54, 1.807) is 6.07 Å². The van der Waals surface area contributed by atoms with Gasteiger partial charge >= 0.3 is 0 Å². The van der Waals surface area contributed by atoms with Crippen LogP contribution in [-0.2, 0) is 0 Å². The molecule has 0 aliphatic carbocycles. The van der Waals surface area contributed by atoms with E-state index in [-0.39, 0.29) is 11.6 Å². The number of ether oxygens (including phenoxy) is 1. The van der Waals surface area contributed by atoms with Crippen molar-refractivity contribution in [3.63, 3.8) is 0 Å². The maximum absolute atomic E-state index is 12.8. The number of nitrogens with zero attached hydrogens (tertiary/aromatic N) is 1. The van der Waals surface area contributed by atoms with Gasteiger partial charge in [-0.25, -0.2) is 13.8 Å². The van der Waals surface area contributed by atoms with E-state index >= 15 is 0 Å². The molecule has 2 nitrogen and oxygen atoms in total. The molecule has 16 heavy (non-hydrogen) atoms. The zero-order valence-electron chi connectivity index (χ0n) is 7.95. The highest BCUT2D eigenvalue weighted by atomic mass is 35.5. The Morgan fingerprint density at radius 3 is 2.50 bits per heavy atom. The lowest BCUT2D eigenvalue weighted by molar-refractivity contribution is 0.448. The number of halogens is 3. The summed E-state index contributed by atoms with van der Waals surface area (Å²) < 4.78 is 30.7. The summed E-state index contributed by atoms with van der Waals surface area (Å²) in [5, 5.41) is 0.470. The average Bonchev–Trinajstić information content (AvgIpc) is 2.27. The summed E-state index contributed by atoms with van der Waals surface area (Å²) in [5.74, 6) is -1.45. The molecule has 0 unspecified atom stereocenters. The maximum Gasteiger partial charge on any atom is 0.219 e. The lowest BCUT2D eigenvalue weighted by atomic mass is 10.3. The summed E-state index contributed by atoms with van der Waals surface area (Å²) >= 11 is 5.63. The van der Waals surface area contributed by atoms with Crippen molar-refractivity contribution in [3.05, 3.63) is 53.2 Å². The molecule has 5 heteroatoms. The lowest BCUT2D eigenvalue weighted by Crippen LogP contribution is -1.89. The third-order valence-corrected chi connectivity index (χ3v) is 2.04. The van der Waals surface area contributed by atoms with E-state index < -0.39 is 11.6 Å². The predicted octanol–water partition coefficient (Wildman–Crippen LogP) is 3.81. The third kappa shape index (κ3) is 2.46. The highest BCUT2D eigenvalue weighted by Gasteiger charge is 2.04. The van der Waals surface area contributed by atoms with Gasteiger partial charge < -0.3 is 4.74 Å². The topological polar surface area (TPSA) is 22.1 Å². The highest BCUT2D eigenvalue weighted by Crippen LogP contribution is 2.22. The fourth-order valence-electron chi connectivity index (χ4n) is 1.08. The van der Waals surface area contributed by atoms with Crippen LogP contribution in [0.3, 0.4) is 0 Å². The molecule has 0 bridgehead atoms. The summed E-state index contributed by atoms with van der Waals surface area (Å²) in [6.45, 7) is 0. The van der Waals surface area contributed by atoms with Gasteiger partial charge in [-0.1, -0.05) is 11.6 Å². The van der Waals surface area contributed by atoms with E-state index in [1.165, 1.54) is 18.3 Å². The van der Waals surface area contributed by atoms with Crippen LogP contribution >= 0.6 is 11.6 Å². The summed E-state index contributed by atoms with van der Waals surface area (Å²) in [5.41, 5.74) is 0. The Kier molecular flexibility index (Phi) is 3.01. The van der Waals surface area contributed by atoms with Crippen molar-refractivity contribution in [2.75, 3.05) is 0 Å². The molecule has 0 radical (unpaired) electrons. The molecule has 0 amide bonds. The quantitative estimate of drug-likeness (QED) is 0.798. The van der Waals surface area contributed by atoms with Gasteiger partial charge in [0.15, 0.2) is 11.6 Å². The van der Waals surface area contributed by atoms with Crippen LogP contribution in [0.25, 0.3) is 0 Å². The summed E-state index contributed by atoms with van der Waals surface area (Å²) in [6.07, 6.45) is 1.40. The average molecular weight is 242 g/mol. The summed E-state index contributed by atoms with van der Waals surface area (Å²) in [7, 11) is 0. The van der Waals surface area contributed by atoms with Crippen molar-refractivity contribution in [1.82, 2.24) is 4.98 Å². The molecule has 0 spiro atoms. The van der Waals surface area contributed by atoms with Gasteiger partial charge in [-0.15, -0.1) is 0 Å². The van der Waals surface area contributed by atoms with Gasteiger partial charge in [0.1, 0.15) is 5.75 Å². The Bertz CT molecular complexity index is 502. The van der Waals surface area contributed by atoms with Crippen molar-refractivity contribution in [1.29, 1.82) is 0 Å². The van der Waals surface area contributed by atoms with E-state index in [2.05, 4.69) is 4.98 Å². The fraction of sp³-hybridized carbons (Fsp3) is 0. The van der Waals surface area contributed by atoms with Crippen LogP contribution in [0.4, 0.5) is 8.78 Å². The Hall–Kier alpha value is -1.68. The first-order chi connectivity index (χ1) is 7.65. The SMILES string of the molecule is Fc1ccc(Oc2ccc(Cl)cn2)cc1F. The van der Waals surface area contributed by atoms with Crippen molar-refractivity contribution < 1.29 is 13.5 Å². The molecule has 1 heterocycles. The van der Waals surface area contributed by atoms with Gasteiger partial charge in [0.2, 0.25) is 5.88 Å². The van der Waals surface area contributed by atoms with Gasteiger partial charge in [-0.2, -0.15) is 0 Å². The maximum atomic E-state index is 12.8. The zero-order chi connectivity index (χ0) is 11.5. The molecular weight excluding hydrogens is 236 g/mol. The van der Waals surface area contributed by atoms with Crippen LogP contribution < -0.4 is 4.74 Å². The number of aromatic nitrogens is 1. The molecule has 0 aliphatic rings. The monoisotopic (exact) mass is 241 g/mol. The molecule has 2 rings (SSSR count). The third-order valence-electron chi connectivity index (χ3n) is 1.81. The van der Waals surface area contributed by atoms with E-state index in [4.69, 9.17) is 16.3 Å². The second kappa shape index (κ2) is 4.45. The molecule has 2 aromatic rings. The van der Waals surface area contributed by atoms with Gasteiger partial charge in [0, 0.05) is 18.3 Å². The van der Waals surface area contributed by atoms with E-state index in [1.807, 2.05) is 0 Å². The molecule has 1 aromatic heterocycles. The number of pyridine rings is 1. The molecule has 0 fully saturated rings. The molecule has 0 aliphatic heterocycles. The highest BCUT2D eigenvalue weighted by molar-refractivity contribution is 6.30. The van der Waals surface area contributed by atoms with Crippen LogP contribution in [0.2, 0.25) is 5.02 Å². The lowest BCUT2D eigenvalue weighted by Gasteiger charge is -2.04. The molecule has 82 valence electrons. The molecular formula is C11H6ClF2NO. The Morgan fingerprint density at radius 1 is 1.06 bits per heavy atom. The number of rotatable bonds is 2. The minimum atomic E-state index is -0.966. The van der Waals surface area contributed by atoms with E-state index in [9.17, 15) is 8.78 Å². The zero-order valence-corrected chi connectivity index (χ0v) is 8.71. The minimum Gasteiger partial charge on any atom is -0.439 e. The molecule has 1 aromatic carbocycles. The van der Waals surface area contributed by atoms with Gasteiger partial charge in [-0.3, -0.25) is 0 Å². The van der Waals surface area contributed by atoms with Crippen LogP contribution in [0, 0.1) is 11.6 Å². The smallest absolute Gasteiger partial charge is 0.219 e. The first-order valence-electron chi connectivity index (χ1n) is 4.39. The first-order valence-corrected chi connectivity index (χ1v) is 4.77. The standard InChI is InChI=1S/C11H6ClF2NO/c12-7-1-4-11(15-6-7)16-8-2-3-9(13)10(14)5-8/h1-6H. The fourth-order valence-corrected chi connectivity index (χ4v) is 1.20. The number of benzene rings is 1. The van der Waals surface area contributed by atoms with E-state index in [0.29, 0.717) is 5.02 Å². The van der Waals surface area contributed by atoms with Gasteiger partial charge in [0.05, 0.1) is 5.02 Å². The van der Waals surface area contributed by atoms with Gasteiger partial charge in [0.25, 0.3) is 0 Å². The van der Waals surface area contributed by atoms with Crippen molar-refractivity contribution >= 4 is 11.6 Å². The Morgan fingerprint density at radius 2 is 1.88 bits per heavy atom. The van der Waals surface area contributed by atoms with Crippen LogP contribution in [0.1, 0.15) is 0 Å². The second-order valence-corrected chi connectivity index (χ2v) is 3.43. The second-order valence-electron chi connectivity index (χ2n) is 2.99. The van der Waals surface area contributed by atoms with Crippen molar-refractivity contribution in [2.45, 2.75) is 0 Å². The first kappa shape index (κ1) is 10.8. The van der Waals surface area contributed by atoms with Crippen molar-refractivity contribution in [3.8, 4) is 11.6 Å². The molecule has 0 saturated carbocycles. The van der Waals surface area contributed by atoms with E-state index in [0.717, 1.165) is 12.1 Å². The minimum absolute atomic E-state index is 0.175. The van der Waals surface area contributed by atoms with Crippen LogP contribution in [-0.4, -0.2) is 4.98 Å².